The highest BCUT2D eigenvalue weighted by atomic mass is 32.1. The largest absolute Gasteiger partial charge is 0.360 e. The summed E-state index contributed by atoms with van der Waals surface area (Å²) in [6, 6.07) is 0.410. The van der Waals surface area contributed by atoms with Crippen LogP contribution >= 0.6 is 11.5 Å². The van der Waals surface area contributed by atoms with E-state index in [-0.39, 0.29) is 0 Å². The molecule has 16 heavy (non-hydrogen) atoms. The lowest BCUT2D eigenvalue weighted by Gasteiger charge is -2.09. The van der Waals surface area contributed by atoms with E-state index in [2.05, 4.69) is 28.5 Å². The topological polar surface area (TPSA) is 63.8 Å². The Balaban J connectivity index is 1.80. The van der Waals surface area contributed by atoms with Gasteiger partial charge in [-0.3, -0.25) is 0 Å². The van der Waals surface area contributed by atoms with Gasteiger partial charge < -0.3 is 11.1 Å². The molecule has 0 saturated heterocycles. The molecule has 5 heteroatoms. The van der Waals surface area contributed by atoms with Crippen molar-refractivity contribution in [3.8, 4) is 0 Å². The quantitative estimate of drug-likeness (QED) is 0.847. The predicted octanol–water partition coefficient (Wildman–Crippen LogP) is 2.20. The van der Waals surface area contributed by atoms with Gasteiger partial charge in [-0.1, -0.05) is 13.8 Å². The molecule has 0 spiro atoms. The van der Waals surface area contributed by atoms with Gasteiger partial charge in [0, 0.05) is 30.0 Å². The summed E-state index contributed by atoms with van der Waals surface area (Å²) in [6.45, 7) is 5.21. The number of nitrogens with one attached hydrogen (secondary N) is 1. The van der Waals surface area contributed by atoms with Crippen molar-refractivity contribution >= 4 is 16.7 Å². The van der Waals surface area contributed by atoms with Crippen molar-refractivity contribution in [3.05, 3.63) is 5.82 Å². The molecule has 0 radical (unpaired) electrons. The van der Waals surface area contributed by atoms with Crippen LogP contribution in [0.3, 0.4) is 0 Å². The molecule has 2 unspecified atom stereocenters. The Morgan fingerprint density at radius 1 is 1.50 bits per heavy atom. The van der Waals surface area contributed by atoms with Gasteiger partial charge >= 0.3 is 0 Å². The number of anilines is 1. The van der Waals surface area contributed by atoms with Crippen LogP contribution in [0.2, 0.25) is 0 Å². The summed E-state index contributed by atoms with van der Waals surface area (Å²) in [4.78, 5) is 4.45. The van der Waals surface area contributed by atoms with E-state index in [1.165, 1.54) is 24.4 Å². The Morgan fingerprint density at radius 2 is 2.31 bits per heavy atom. The van der Waals surface area contributed by atoms with Crippen LogP contribution in [0.25, 0.3) is 0 Å². The van der Waals surface area contributed by atoms with Crippen molar-refractivity contribution in [3.63, 3.8) is 0 Å². The van der Waals surface area contributed by atoms with Gasteiger partial charge in [0.25, 0.3) is 0 Å². The van der Waals surface area contributed by atoms with Gasteiger partial charge in [-0.15, -0.1) is 0 Å². The molecule has 2 atom stereocenters. The van der Waals surface area contributed by atoms with Crippen LogP contribution in [0, 0.1) is 5.92 Å². The summed E-state index contributed by atoms with van der Waals surface area (Å²) in [5, 5.41) is 4.32. The van der Waals surface area contributed by atoms with Crippen molar-refractivity contribution in [1.29, 1.82) is 0 Å². The zero-order valence-electron chi connectivity index (χ0n) is 9.94. The SMILES string of the molecule is CC(C)c1nsc(NCC2CCC(N)C2)n1. The van der Waals surface area contributed by atoms with E-state index in [9.17, 15) is 0 Å². The molecule has 2 rings (SSSR count). The minimum atomic E-state index is 0.409. The number of nitrogens with two attached hydrogens (primary N) is 1. The van der Waals surface area contributed by atoms with Crippen LogP contribution in [0.15, 0.2) is 0 Å². The van der Waals surface area contributed by atoms with Gasteiger partial charge in [0.2, 0.25) is 5.13 Å². The first-order valence-corrected chi connectivity index (χ1v) is 6.75. The first-order valence-electron chi connectivity index (χ1n) is 5.98. The average Bonchev–Trinajstić information content (AvgIpc) is 2.83. The molecule has 0 amide bonds. The van der Waals surface area contributed by atoms with E-state index in [1.807, 2.05) is 0 Å². The lowest BCUT2D eigenvalue weighted by atomic mass is 10.1. The molecule has 0 aromatic carbocycles. The Hall–Kier alpha value is -0.680. The van der Waals surface area contributed by atoms with Crippen LogP contribution in [0.4, 0.5) is 5.13 Å². The predicted molar refractivity (Wildman–Crippen MR) is 67.8 cm³/mol. The summed E-state index contributed by atoms with van der Waals surface area (Å²) in [5.74, 6) is 2.06. The number of rotatable bonds is 4. The highest BCUT2D eigenvalue weighted by molar-refractivity contribution is 7.09. The minimum absolute atomic E-state index is 0.409. The fourth-order valence-electron chi connectivity index (χ4n) is 2.07. The van der Waals surface area contributed by atoms with Crippen molar-refractivity contribution in [2.45, 2.75) is 45.1 Å². The summed E-state index contributed by atoms with van der Waals surface area (Å²) >= 11 is 1.46. The van der Waals surface area contributed by atoms with Crippen molar-refractivity contribution in [2.24, 2.45) is 11.7 Å². The maximum atomic E-state index is 5.88. The molecule has 1 fully saturated rings. The van der Waals surface area contributed by atoms with E-state index < -0.39 is 0 Å². The Morgan fingerprint density at radius 3 is 2.88 bits per heavy atom. The average molecular weight is 240 g/mol. The maximum absolute atomic E-state index is 5.88. The normalized spacial score (nSPS) is 25.2. The van der Waals surface area contributed by atoms with Crippen molar-refractivity contribution in [2.75, 3.05) is 11.9 Å². The zero-order chi connectivity index (χ0) is 11.5. The maximum Gasteiger partial charge on any atom is 0.202 e. The standard InChI is InChI=1S/C11H20N4S/c1-7(2)10-14-11(16-15-10)13-6-8-3-4-9(12)5-8/h7-9H,3-6,12H2,1-2H3,(H,13,14,15). The highest BCUT2D eigenvalue weighted by Gasteiger charge is 2.21. The molecule has 1 aromatic heterocycles. The molecular weight excluding hydrogens is 220 g/mol. The highest BCUT2D eigenvalue weighted by Crippen LogP contribution is 2.25. The van der Waals surface area contributed by atoms with E-state index in [1.54, 1.807) is 0 Å². The minimum Gasteiger partial charge on any atom is -0.360 e. The van der Waals surface area contributed by atoms with Gasteiger partial charge in [-0.25, -0.2) is 4.98 Å². The molecular formula is C11H20N4S. The first-order chi connectivity index (χ1) is 7.65. The number of hydrogen-bond acceptors (Lipinski definition) is 5. The number of hydrogen-bond donors (Lipinski definition) is 2. The number of nitrogens with zero attached hydrogens (tertiary/aromatic N) is 2. The Bertz CT molecular complexity index is 336. The fraction of sp³-hybridized carbons (Fsp3) is 0.818. The molecule has 3 N–H and O–H groups in total. The van der Waals surface area contributed by atoms with E-state index in [0.717, 1.165) is 23.9 Å². The summed E-state index contributed by atoms with van der Waals surface area (Å²) < 4.78 is 4.32. The van der Waals surface area contributed by atoms with Crippen LogP contribution in [-0.2, 0) is 0 Å². The Kier molecular flexibility index (Phi) is 3.76. The third kappa shape index (κ3) is 2.92. The molecule has 0 bridgehead atoms. The van der Waals surface area contributed by atoms with Crippen molar-refractivity contribution < 1.29 is 0 Å². The summed E-state index contributed by atoms with van der Waals surface area (Å²) in [6.07, 6.45) is 3.55. The molecule has 1 aromatic rings. The third-order valence-electron chi connectivity index (χ3n) is 3.08. The van der Waals surface area contributed by atoms with Gasteiger partial charge in [0.15, 0.2) is 0 Å². The smallest absolute Gasteiger partial charge is 0.202 e. The number of aromatic nitrogens is 2. The van der Waals surface area contributed by atoms with Gasteiger partial charge in [-0.05, 0) is 25.2 Å². The molecule has 0 aliphatic heterocycles. The van der Waals surface area contributed by atoms with Gasteiger partial charge in [0.05, 0.1) is 0 Å². The van der Waals surface area contributed by atoms with Crippen LogP contribution in [0.1, 0.15) is 44.9 Å². The van der Waals surface area contributed by atoms with Gasteiger partial charge in [0.1, 0.15) is 5.82 Å². The second-order valence-corrected chi connectivity index (χ2v) is 5.68. The lowest BCUT2D eigenvalue weighted by Crippen LogP contribution is -2.17. The summed E-state index contributed by atoms with van der Waals surface area (Å²) in [7, 11) is 0. The van der Waals surface area contributed by atoms with E-state index in [0.29, 0.717) is 17.9 Å². The Labute approximate surface area is 101 Å². The molecule has 90 valence electrons. The summed E-state index contributed by atoms with van der Waals surface area (Å²) in [5.41, 5.74) is 5.88. The second-order valence-electron chi connectivity index (χ2n) is 4.93. The van der Waals surface area contributed by atoms with Crippen molar-refractivity contribution in [1.82, 2.24) is 9.36 Å². The molecule has 1 heterocycles. The van der Waals surface area contributed by atoms with Crippen LogP contribution < -0.4 is 11.1 Å². The molecule has 1 aliphatic rings. The zero-order valence-corrected chi connectivity index (χ0v) is 10.8. The molecule has 1 saturated carbocycles. The molecule has 4 nitrogen and oxygen atoms in total. The van der Waals surface area contributed by atoms with E-state index >= 15 is 0 Å². The van der Waals surface area contributed by atoms with E-state index in [4.69, 9.17) is 5.73 Å². The monoisotopic (exact) mass is 240 g/mol. The second kappa shape index (κ2) is 5.10. The van der Waals surface area contributed by atoms with Crippen LogP contribution in [-0.4, -0.2) is 21.9 Å². The first kappa shape index (κ1) is 11.8. The fourth-order valence-corrected chi connectivity index (χ4v) is 2.79. The van der Waals surface area contributed by atoms with Gasteiger partial charge in [-0.2, -0.15) is 4.37 Å². The third-order valence-corrected chi connectivity index (χ3v) is 3.77. The van der Waals surface area contributed by atoms with Crippen LogP contribution in [0.5, 0.6) is 0 Å². The lowest BCUT2D eigenvalue weighted by molar-refractivity contribution is 0.565. The molecule has 1 aliphatic carbocycles.